The molecule has 0 aromatic heterocycles. The number of likely N-dealkylation sites (tertiary alicyclic amines) is 1. The molecule has 2 saturated heterocycles. The maximum atomic E-state index is 11.1. The van der Waals surface area contributed by atoms with Crippen LogP contribution in [-0.4, -0.2) is 47.1 Å². The number of esters is 1. The second-order valence-corrected chi connectivity index (χ2v) is 8.81. The number of rotatable bonds is 4. The summed E-state index contributed by atoms with van der Waals surface area (Å²) in [5, 5.41) is 0. The van der Waals surface area contributed by atoms with Crippen molar-refractivity contribution in [1.29, 1.82) is 0 Å². The Morgan fingerprint density at radius 2 is 1.77 bits per heavy atom. The molecule has 1 aromatic carbocycles. The van der Waals surface area contributed by atoms with Gasteiger partial charge in [0, 0.05) is 37.4 Å². The molecular weight excluding hydrogens is 330 g/mol. The normalized spacial score (nSPS) is 26.7. The summed E-state index contributed by atoms with van der Waals surface area (Å²) in [5.41, 5.74) is 1.13. The van der Waals surface area contributed by atoms with Crippen LogP contribution in [0.1, 0.15) is 53.0 Å². The Kier molecular flexibility index (Phi) is 5.17. The number of carbonyl (C=O) groups excluding carboxylic acids is 1. The Morgan fingerprint density at radius 3 is 2.35 bits per heavy atom. The lowest BCUT2D eigenvalue weighted by atomic mass is 9.75. The first-order valence-corrected chi connectivity index (χ1v) is 9.39. The van der Waals surface area contributed by atoms with Gasteiger partial charge in [0.05, 0.1) is 6.61 Å². The lowest BCUT2D eigenvalue weighted by Gasteiger charge is -2.57. The summed E-state index contributed by atoms with van der Waals surface area (Å²) in [6, 6.07) is 10.6. The van der Waals surface area contributed by atoms with Gasteiger partial charge in [0.15, 0.2) is 5.79 Å². The molecule has 1 unspecified atom stereocenters. The summed E-state index contributed by atoms with van der Waals surface area (Å²) in [5.74, 6) is -0.891. The minimum absolute atomic E-state index is 0.0894. The topological polar surface area (TPSA) is 48.0 Å². The van der Waals surface area contributed by atoms with E-state index in [2.05, 4.69) is 62.9 Å². The SMILES string of the molecule is CC(=O)OCC1COC2(CC(C)(C)N(Cc3ccccc3)C(C)(C)C2)O1. The molecule has 0 aliphatic carbocycles. The molecule has 5 nitrogen and oxygen atoms in total. The van der Waals surface area contributed by atoms with Gasteiger partial charge in [-0.15, -0.1) is 0 Å². The van der Waals surface area contributed by atoms with Gasteiger partial charge in [-0.2, -0.15) is 0 Å². The minimum Gasteiger partial charge on any atom is -0.463 e. The van der Waals surface area contributed by atoms with Crippen LogP contribution in [0.25, 0.3) is 0 Å². The van der Waals surface area contributed by atoms with Crippen molar-refractivity contribution in [2.24, 2.45) is 0 Å². The molecule has 0 amide bonds. The third-order valence-electron chi connectivity index (χ3n) is 5.44. The predicted octanol–water partition coefficient (Wildman–Crippen LogP) is 3.51. The molecule has 1 aromatic rings. The summed E-state index contributed by atoms with van der Waals surface area (Å²) < 4.78 is 17.5. The highest BCUT2D eigenvalue weighted by Crippen LogP contribution is 2.48. The number of nitrogens with zero attached hydrogens (tertiary/aromatic N) is 1. The highest BCUT2D eigenvalue weighted by molar-refractivity contribution is 5.65. The zero-order valence-electron chi connectivity index (χ0n) is 16.6. The largest absolute Gasteiger partial charge is 0.463 e. The summed E-state index contributed by atoms with van der Waals surface area (Å²) in [6.45, 7) is 12.1. The first kappa shape index (κ1) is 19.3. The van der Waals surface area contributed by atoms with Crippen LogP contribution in [0.5, 0.6) is 0 Å². The van der Waals surface area contributed by atoms with Crippen molar-refractivity contribution in [1.82, 2.24) is 4.90 Å². The summed E-state index contributed by atoms with van der Waals surface area (Å²) in [4.78, 5) is 13.6. The molecular formula is C21H31NO4. The molecule has 2 fully saturated rings. The van der Waals surface area contributed by atoms with Crippen molar-refractivity contribution in [3.63, 3.8) is 0 Å². The third-order valence-corrected chi connectivity index (χ3v) is 5.44. The number of carbonyl (C=O) groups is 1. The Bertz CT molecular complexity index is 623. The molecule has 1 atom stereocenters. The van der Waals surface area contributed by atoms with Gasteiger partial charge in [-0.3, -0.25) is 9.69 Å². The zero-order valence-corrected chi connectivity index (χ0v) is 16.6. The highest BCUT2D eigenvalue weighted by atomic mass is 16.8. The van der Waals surface area contributed by atoms with Crippen molar-refractivity contribution >= 4 is 5.97 Å². The van der Waals surface area contributed by atoms with Crippen LogP contribution < -0.4 is 0 Å². The van der Waals surface area contributed by atoms with E-state index in [9.17, 15) is 4.79 Å². The van der Waals surface area contributed by atoms with Gasteiger partial charge in [0.2, 0.25) is 0 Å². The minimum atomic E-state index is -0.606. The molecule has 0 bridgehead atoms. The van der Waals surface area contributed by atoms with Crippen molar-refractivity contribution in [3.05, 3.63) is 35.9 Å². The van der Waals surface area contributed by atoms with Crippen LogP contribution in [0, 0.1) is 0 Å². The van der Waals surface area contributed by atoms with Crippen LogP contribution in [-0.2, 0) is 25.5 Å². The van der Waals surface area contributed by atoms with E-state index in [4.69, 9.17) is 14.2 Å². The van der Waals surface area contributed by atoms with Gasteiger partial charge in [0.25, 0.3) is 0 Å². The summed E-state index contributed by atoms with van der Waals surface area (Å²) in [6.07, 6.45) is 1.38. The molecule has 0 radical (unpaired) electrons. The van der Waals surface area contributed by atoms with E-state index in [1.807, 2.05) is 0 Å². The van der Waals surface area contributed by atoms with Crippen LogP contribution >= 0.6 is 0 Å². The summed E-state index contributed by atoms with van der Waals surface area (Å²) >= 11 is 0. The van der Waals surface area contributed by atoms with Crippen LogP contribution in [0.15, 0.2) is 30.3 Å². The quantitative estimate of drug-likeness (QED) is 0.768. The molecule has 0 N–H and O–H groups in total. The Balaban J connectivity index is 1.74. The number of benzene rings is 1. The van der Waals surface area contributed by atoms with Crippen LogP contribution in [0.2, 0.25) is 0 Å². The van der Waals surface area contributed by atoms with E-state index in [-0.39, 0.29) is 29.8 Å². The molecule has 144 valence electrons. The van der Waals surface area contributed by atoms with E-state index in [1.165, 1.54) is 12.5 Å². The molecule has 5 heteroatoms. The maximum Gasteiger partial charge on any atom is 0.302 e. The molecule has 2 heterocycles. The Hall–Kier alpha value is -1.43. The highest BCUT2D eigenvalue weighted by Gasteiger charge is 2.56. The average molecular weight is 361 g/mol. The number of piperidine rings is 1. The van der Waals surface area contributed by atoms with Gasteiger partial charge in [0.1, 0.15) is 12.7 Å². The fourth-order valence-corrected chi connectivity index (χ4v) is 4.68. The first-order valence-electron chi connectivity index (χ1n) is 9.39. The number of hydrogen-bond donors (Lipinski definition) is 0. The van der Waals surface area contributed by atoms with Gasteiger partial charge < -0.3 is 14.2 Å². The molecule has 1 spiro atoms. The number of hydrogen-bond acceptors (Lipinski definition) is 5. The predicted molar refractivity (Wildman–Crippen MR) is 99.6 cm³/mol. The van der Waals surface area contributed by atoms with E-state index < -0.39 is 5.79 Å². The smallest absolute Gasteiger partial charge is 0.302 e. The fraction of sp³-hybridized carbons (Fsp3) is 0.667. The van der Waals surface area contributed by atoms with Gasteiger partial charge >= 0.3 is 5.97 Å². The Morgan fingerprint density at radius 1 is 1.15 bits per heavy atom. The maximum absolute atomic E-state index is 11.1. The van der Waals surface area contributed by atoms with E-state index in [1.54, 1.807) is 0 Å². The molecule has 3 rings (SSSR count). The molecule has 2 aliphatic rings. The third kappa shape index (κ3) is 4.11. The van der Waals surface area contributed by atoms with E-state index in [0.717, 1.165) is 19.4 Å². The second kappa shape index (κ2) is 6.95. The van der Waals surface area contributed by atoms with Crippen LogP contribution in [0.4, 0.5) is 0 Å². The van der Waals surface area contributed by atoms with Crippen molar-refractivity contribution in [2.45, 2.75) is 77.0 Å². The fourth-order valence-electron chi connectivity index (χ4n) is 4.68. The van der Waals surface area contributed by atoms with Crippen molar-refractivity contribution in [3.8, 4) is 0 Å². The Labute approximate surface area is 156 Å². The van der Waals surface area contributed by atoms with E-state index >= 15 is 0 Å². The standard InChI is InChI=1S/C21H31NO4/c1-16(23)24-12-18-13-25-21(26-18)14-19(2,3)22(20(4,5)15-21)11-17-9-7-6-8-10-17/h6-10,18H,11-15H2,1-5H3. The van der Waals surface area contributed by atoms with Gasteiger partial charge in [-0.25, -0.2) is 0 Å². The summed E-state index contributed by atoms with van der Waals surface area (Å²) in [7, 11) is 0. The van der Waals surface area contributed by atoms with Crippen LogP contribution in [0.3, 0.4) is 0 Å². The lowest BCUT2D eigenvalue weighted by molar-refractivity contribution is -0.249. The molecule has 0 saturated carbocycles. The molecule has 2 aliphatic heterocycles. The van der Waals surface area contributed by atoms with Gasteiger partial charge in [-0.1, -0.05) is 30.3 Å². The van der Waals surface area contributed by atoms with Crippen molar-refractivity contribution in [2.75, 3.05) is 13.2 Å². The van der Waals surface area contributed by atoms with E-state index in [0.29, 0.717) is 6.61 Å². The average Bonchev–Trinajstić information content (AvgIpc) is 2.91. The second-order valence-electron chi connectivity index (χ2n) is 8.81. The van der Waals surface area contributed by atoms with Gasteiger partial charge in [-0.05, 0) is 33.3 Å². The number of ether oxygens (including phenoxy) is 3. The first-order chi connectivity index (χ1) is 12.1. The molecule has 26 heavy (non-hydrogen) atoms. The van der Waals surface area contributed by atoms with Crippen molar-refractivity contribution < 1.29 is 19.0 Å². The monoisotopic (exact) mass is 361 g/mol. The lowest BCUT2D eigenvalue weighted by Crippen LogP contribution is -2.65. The zero-order chi connectivity index (χ0) is 19.0.